The highest BCUT2D eigenvalue weighted by Gasteiger charge is 2.17. The molecule has 1 aromatic rings. The van der Waals surface area contributed by atoms with Crippen molar-refractivity contribution in [2.24, 2.45) is 11.3 Å². The Morgan fingerprint density at radius 1 is 1.37 bits per heavy atom. The van der Waals surface area contributed by atoms with Gasteiger partial charge in [-0.3, -0.25) is 4.79 Å². The smallest absolute Gasteiger partial charge is 0.224 e. The predicted molar refractivity (Wildman–Crippen MR) is 82.1 cm³/mol. The molecule has 3 nitrogen and oxygen atoms in total. The number of anilines is 2. The Balaban J connectivity index is 2.53. The number of rotatable bonds is 4. The lowest BCUT2D eigenvalue weighted by Gasteiger charge is -2.22. The molecular formula is C16H26N2O. The van der Waals surface area contributed by atoms with Gasteiger partial charge in [0.15, 0.2) is 0 Å². The molecular weight excluding hydrogens is 236 g/mol. The minimum absolute atomic E-state index is 0.0703. The normalized spacial score (nSPS) is 13.1. The third-order valence-corrected chi connectivity index (χ3v) is 3.05. The van der Waals surface area contributed by atoms with Crippen molar-refractivity contribution in [3.05, 3.63) is 23.8 Å². The number of hydrogen-bond acceptors (Lipinski definition) is 2. The number of nitrogens with two attached hydrogens (primary N) is 1. The molecule has 0 heterocycles. The van der Waals surface area contributed by atoms with Crippen LogP contribution in [-0.4, -0.2) is 5.91 Å². The van der Waals surface area contributed by atoms with Gasteiger partial charge in [-0.1, -0.05) is 27.7 Å². The van der Waals surface area contributed by atoms with Gasteiger partial charge >= 0.3 is 0 Å². The average Bonchev–Trinajstić information content (AvgIpc) is 2.20. The van der Waals surface area contributed by atoms with E-state index in [0.717, 1.165) is 23.4 Å². The fraction of sp³-hybridized carbons (Fsp3) is 0.562. The molecule has 19 heavy (non-hydrogen) atoms. The predicted octanol–water partition coefficient (Wildman–Crippen LogP) is 3.98. The van der Waals surface area contributed by atoms with Crippen LogP contribution in [0.1, 0.15) is 46.1 Å². The molecule has 1 unspecified atom stereocenters. The van der Waals surface area contributed by atoms with Crippen molar-refractivity contribution in [2.45, 2.75) is 47.5 Å². The zero-order valence-corrected chi connectivity index (χ0v) is 12.7. The standard InChI is InChI=1S/C16H26N2O/c1-11(10-16(3,4)5)8-15(19)18-13-6-7-14(17)12(2)9-13/h6-7,9,11H,8,10,17H2,1-5H3,(H,18,19). The summed E-state index contributed by atoms with van der Waals surface area (Å²) in [6.45, 7) is 10.7. The van der Waals surface area contributed by atoms with Crippen LogP contribution in [0.5, 0.6) is 0 Å². The number of benzene rings is 1. The Hall–Kier alpha value is -1.51. The molecule has 0 saturated heterocycles. The van der Waals surface area contributed by atoms with E-state index in [1.54, 1.807) is 0 Å². The maximum absolute atomic E-state index is 12.0. The van der Waals surface area contributed by atoms with E-state index in [2.05, 4.69) is 33.0 Å². The highest BCUT2D eigenvalue weighted by molar-refractivity contribution is 5.91. The van der Waals surface area contributed by atoms with Crippen LogP contribution >= 0.6 is 0 Å². The second kappa shape index (κ2) is 6.09. The van der Waals surface area contributed by atoms with Crippen LogP contribution in [0.4, 0.5) is 11.4 Å². The van der Waals surface area contributed by atoms with Crippen molar-refractivity contribution >= 4 is 17.3 Å². The van der Waals surface area contributed by atoms with Crippen molar-refractivity contribution in [3.8, 4) is 0 Å². The lowest BCUT2D eigenvalue weighted by Crippen LogP contribution is -2.19. The summed E-state index contributed by atoms with van der Waals surface area (Å²) in [6, 6.07) is 5.57. The van der Waals surface area contributed by atoms with Gasteiger partial charge in [-0.05, 0) is 48.4 Å². The molecule has 3 heteroatoms. The second-order valence-corrected chi connectivity index (χ2v) is 6.69. The largest absolute Gasteiger partial charge is 0.399 e. The number of nitrogens with one attached hydrogen (secondary N) is 1. The third-order valence-electron chi connectivity index (χ3n) is 3.05. The van der Waals surface area contributed by atoms with Gasteiger partial charge in [-0.15, -0.1) is 0 Å². The third kappa shape index (κ3) is 5.77. The Bertz CT molecular complexity index is 447. The van der Waals surface area contributed by atoms with Crippen LogP contribution in [0.15, 0.2) is 18.2 Å². The Morgan fingerprint density at radius 3 is 2.53 bits per heavy atom. The van der Waals surface area contributed by atoms with E-state index in [1.807, 2.05) is 25.1 Å². The lowest BCUT2D eigenvalue weighted by atomic mass is 9.84. The zero-order chi connectivity index (χ0) is 14.6. The number of carbonyl (C=O) groups excluding carboxylic acids is 1. The number of carbonyl (C=O) groups is 1. The van der Waals surface area contributed by atoms with Crippen LogP contribution in [0.2, 0.25) is 0 Å². The van der Waals surface area contributed by atoms with Gasteiger partial charge in [-0.25, -0.2) is 0 Å². The average molecular weight is 262 g/mol. The Kier molecular flexibility index (Phi) is 4.98. The van der Waals surface area contributed by atoms with Crippen molar-refractivity contribution in [3.63, 3.8) is 0 Å². The Labute approximate surface area is 116 Å². The fourth-order valence-corrected chi connectivity index (χ4v) is 2.40. The summed E-state index contributed by atoms with van der Waals surface area (Å²) in [5.74, 6) is 0.454. The topological polar surface area (TPSA) is 55.1 Å². The number of nitrogen functional groups attached to an aromatic ring is 1. The number of amides is 1. The summed E-state index contributed by atoms with van der Waals surface area (Å²) in [5.41, 5.74) is 8.57. The van der Waals surface area contributed by atoms with Gasteiger partial charge in [0.05, 0.1) is 0 Å². The first-order valence-corrected chi connectivity index (χ1v) is 6.83. The van der Waals surface area contributed by atoms with Crippen molar-refractivity contribution < 1.29 is 4.79 Å². The van der Waals surface area contributed by atoms with Gasteiger partial charge in [0, 0.05) is 17.8 Å². The number of hydrogen-bond donors (Lipinski definition) is 2. The molecule has 0 bridgehead atoms. The molecule has 0 fully saturated rings. The van der Waals surface area contributed by atoms with Crippen LogP contribution in [0.3, 0.4) is 0 Å². The summed E-state index contributed by atoms with van der Waals surface area (Å²) in [4.78, 5) is 12.0. The van der Waals surface area contributed by atoms with E-state index in [1.165, 1.54) is 0 Å². The van der Waals surface area contributed by atoms with E-state index in [-0.39, 0.29) is 11.3 Å². The summed E-state index contributed by atoms with van der Waals surface area (Å²) >= 11 is 0. The zero-order valence-electron chi connectivity index (χ0n) is 12.7. The minimum Gasteiger partial charge on any atom is -0.399 e. The quantitative estimate of drug-likeness (QED) is 0.806. The van der Waals surface area contributed by atoms with E-state index in [0.29, 0.717) is 12.3 Å². The molecule has 0 aromatic heterocycles. The van der Waals surface area contributed by atoms with Gasteiger partial charge in [0.2, 0.25) is 5.91 Å². The van der Waals surface area contributed by atoms with Crippen molar-refractivity contribution in [2.75, 3.05) is 11.1 Å². The highest BCUT2D eigenvalue weighted by Crippen LogP contribution is 2.26. The second-order valence-electron chi connectivity index (χ2n) is 6.69. The minimum atomic E-state index is 0.0703. The molecule has 0 aliphatic heterocycles. The first-order chi connectivity index (χ1) is 8.67. The molecule has 0 saturated carbocycles. The molecule has 0 spiro atoms. The molecule has 0 aliphatic carbocycles. The van der Waals surface area contributed by atoms with E-state index in [9.17, 15) is 4.79 Å². The first kappa shape index (κ1) is 15.5. The summed E-state index contributed by atoms with van der Waals surface area (Å²) in [5, 5.41) is 2.93. The molecule has 1 rings (SSSR count). The van der Waals surface area contributed by atoms with Crippen LogP contribution in [0, 0.1) is 18.3 Å². The van der Waals surface area contributed by atoms with Crippen molar-refractivity contribution in [1.82, 2.24) is 0 Å². The molecule has 1 amide bonds. The van der Waals surface area contributed by atoms with E-state index in [4.69, 9.17) is 5.73 Å². The molecule has 0 aliphatic rings. The molecule has 1 atom stereocenters. The fourth-order valence-electron chi connectivity index (χ4n) is 2.40. The van der Waals surface area contributed by atoms with Gasteiger partial charge < -0.3 is 11.1 Å². The molecule has 106 valence electrons. The molecule has 0 radical (unpaired) electrons. The monoisotopic (exact) mass is 262 g/mol. The van der Waals surface area contributed by atoms with Gasteiger partial charge in [-0.2, -0.15) is 0 Å². The van der Waals surface area contributed by atoms with Gasteiger partial charge in [0.25, 0.3) is 0 Å². The van der Waals surface area contributed by atoms with E-state index >= 15 is 0 Å². The number of aryl methyl sites for hydroxylation is 1. The lowest BCUT2D eigenvalue weighted by molar-refractivity contribution is -0.117. The summed E-state index contributed by atoms with van der Waals surface area (Å²) < 4.78 is 0. The van der Waals surface area contributed by atoms with Crippen molar-refractivity contribution in [1.29, 1.82) is 0 Å². The maximum Gasteiger partial charge on any atom is 0.224 e. The van der Waals surface area contributed by atoms with Crippen LogP contribution in [0.25, 0.3) is 0 Å². The van der Waals surface area contributed by atoms with Gasteiger partial charge in [0.1, 0.15) is 0 Å². The van der Waals surface area contributed by atoms with Crippen LogP contribution in [-0.2, 0) is 4.79 Å². The summed E-state index contributed by atoms with van der Waals surface area (Å²) in [7, 11) is 0. The Morgan fingerprint density at radius 2 is 2.00 bits per heavy atom. The van der Waals surface area contributed by atoms with Crippen LogP contribution < -0.4 is 11.1 Å². The maximum atomic E-state index is 12.0. The molecule has 3 N–H and O–H groups in total. The first-order valence-electron chi connectivity index (χ1n) is 6.83. The highest BCUT2D eigenvalue weighted by atomic mass is 16.1. The molecule has 1 aromatic carbocycles. The summed E-state index contributed by atoms with van der Waals surface area (Å²) in [6.07, 6.45) is 1.60. The van der Waals surface area contributed by atoms with E-state index < -0.39 is 0 Å². The SMILES string of the molecule is Cc1cc(NC(=O)CC(C)CC(C)(C)C)ccc1N.